The van der Waals surface area contributed by atoms with Crippen molar-refractivity contribution < 1.29 is 9.21 Å². The van der Waals surface area contributed by atoms with Crippen molar-refractivity contribution in [3.63, 3.8) is 0 Å². The molecule has 3 rings (SSSR count). The van der Waals surface area contributed by atoms with E-state index in [1.165, 1.54) is 18.4 Å². The van der Waals surface area contributed by atoms with Gasteiger partial charge in [-0.3, -0.25) is 4.79 Å². The minimum Gasteiger partial charge on any atom is -0.465 e. The average Bonchev–Trinajstić information content (AvgIpc) is 3.19. The first-order valence-electron chi connectivity index (χ1n) is 8.97. The Morgan fingerprint density at radius 3 is 2.42 bits per heavy atom. The van der Waals surface area contributed by atoms with Crippen LogP contribution < -0.4 is 5.32 Å². The van der Waals surface area contributed by atoms with Crippen molar-refractivity contribution in [2.45, 2.75) is 26.2 Å². The lowest BCUT2D eigenvalue weighted by molar-refractivity contribution is -0.111. The van der Waals surface area contributed by atoms with Crippen LogP contribution >= 0.6 is 0 Å². The summed E-state index contributed by atoms with van der Waals surface area (Å²) in [6, 6.07) is 21.3. The smallest absolute Gasteiger partial charge is 0.256 e. The minimum absolute atomic E-state index is 0.158. The van der Waals surface area contributed by atoms with Gasteiger partial charge in [-0.05, 0) is 54.3 Å². The molecule has 3 nitrogen and oxygen atoms in total. The third-order valence-corrected chi connectivity index (χ3v) is 4.19. The molecule has 0 radical (unpaired) electrons. The number of nitrogens with one attached hydrogen (secondary N) is 1. The molecular weight excluding hydrogens is 322 g/mol. The largest absolute Gasteiger partial charge is 0.465 e. The number of amides is 1. The zero-order chi connectivity index (χ0) is 18.2. The first-order valence-corrected chi connectivity index (χ1v) is 8.97. The Bertz CT molecular complexity index is 847. The number of hydrogen-bond acceptors (Lipinski definition) is 2. The zero-order valence-electron chi connectivity index (χ0n) is 14.9. The normalized spacial score (nSPS) is 11.3. The maximum Gasteiger partial charge on any atom is 0.256 e. The van der Waals surface area contributed by atoms with Crippen LogP contribution in [0.1, 0.15) is 36.7 Å². The van der Waals surface area contributed by atoms with E-state index in [0.29, 0.717) is 11.3 Å². The Hall–Kier alpha value is -3.07. The van der Waals surface area contributed by atoms with Gasteiger partial charge in [0.2, 0.25) is 0 Å². The summed E-state index contributed by atoms with van der Waals surface area (Å²) in [6.45, 7) is 2.19. The number of aryl methyl sites for hydroxylation is 1. The summed E-state index contributed by atoms with van der Waals surface area (Å²) >= 11 is 0. The lowest BCUT2D eigenvalue weighted by Crippen LogP contribution is -2.13. The van der Waals surface area contributed by atoms with Crippen molar-refractivity contribution >= 4 is 23.2 Å². The van der Waals surface area contributed by atoms with Crippen LogP contribution in [-0.2, 0) is 11.2 Å². The van der Waals surface area contributed by atoms with Crippen LogP contribution in [0.3, 0.4) is 0 Å². The van der Waals surface area contributed by atoms with Crippen molar-refractivity contribution in [1.82, 2.24) is 0 Å². The summed E-state index contributed by atoms with van der Waals surface area (Å²) in [4.78, 5) is 12.9. The molecule has 0 aliphatic rings. The van der Waals surface area contributed by atoms with Crippen molar-refractivity contribution in [3.8, 4) is 0 Å². The number of carbonyl (C=O) groups excluding carboxylic acids is 1. The molecule has 1 heterocycles. The van der Waals surface area contributed by atoms with Crippen LogP contribution in [-0.4, -0.2) is 5.91 Å². The number of anilines is 1. The molecule has 0 bridgehead atoms. The van der Waals surface area contributed by atoms with Crippen LogP contribution in [0.5, 0.6) is 0 Å². The summed E-state index contributed by atoms with van der Waals surface area (Å²) in [6.07, 6.45) is 6.78. The summed E-state index contributed by atoms with van der Waals surface area (Å²) < 4.78 is 5.38. The fourth-order valence-electron chi connectivity index (χ4n) is 2.75. The van der Waals surface area contributed by atoms with Gasteiger partial charge in [-0.25, -0.2) is 0 Å². The molecule has 132 valence electrons. The molecule has 0 spiro atoms. The zero-order valence-corrected chi connectivity index (χ0v) is 14.9. The van der Waals surface area contributed by atoms with Crippen molar-refractivity contribution in [1.29, 1.82) is 0 Å². The molecule has 1 amide bonds. The second kappa shape index (κ2) is 8.86. The molecule has 0 aliphatic carbocycles. The molecule has 3 aromatic rings. The number of rotatable bonds is 7. The molecule has 1 N–H and O–H groups in total. The lowest BCUT2D eigenvalue weighted by Gasteiger charge is -2.10. The number of carbonyl (C=O) groups is 1. The summed E-state index contributed by atoms with van der Waals surface area (Å²) in [5, 5.41) is 2.99. The molecular formula is C23H23NO2. The molecule has 0 aliphatic heterocycles. The highest BCUT2D eigenvalue weighted by Gasteiger charge is 2.13. The third kappa shape index (κ3) is 4.73. The molecule has 2 aromatic carbocycles. The number of hydrogen-bond donors (Lipinski definition) is 1. The van der Waals surface area contributed by atoms with Gasteiger partial charge < -0.3 is 9.73 Å². The molecule has 3 heteroatoms. The average molecular weight is 345 g/mol. The van der Waals surface area contributed by atoms with Crippen molar-refractivity contribution in [2.24, 2.45) is 0 Å². The van der Waals surface area contributed by atoms with Gasteiger partial charge in [0.1, 0.15) is 5.76 Å². The fraction of sp³-hybridized carbons (Fsp3) is 0.174. The van der Waals surface area contributed by atoms with E-state index >= 15 is 0 Å². The highest BCUT2D eigenvalue weighted by molar-refractivity contribution is 6.29. The predicted molar refractivity (Wildman–Crippen MR) is 107 cm³/mol. The molecule has 0 saturated heterocycles. The molecule has 26 heavy (non-hydrogen) atoms. The van der Waals surface area contributed by atoms with Gasteiger partial charge in [0.05, 0.1) is 11.8 Å². The number of unbranched alkanes of at least 4 members (excludes halogenated alkanes) is 1. The first kappa shape index (κ1) is 17.7. The van der Waals surface area contributed by atoms with E-state index in [9.17, 15) is 4.79 Å². The van der Waals surface area contributed by atoms with Crippen molar-refractivity contribution in [2.75, 3.05) is 5.32 Å². The molecule has 0 saturated carbocycles. The quantitative estimate of drug-likeness (QED) is 0.550. The van der Waals surface area contributed by atoms with Gasteiger partial charge in [-0.1, -0.05) is 55.8 Å². The van der Waals surface area contributed by atoms with Gasteiger partial charge in [0.25, 0.3) is 5.91 Å². The maximum atomic E-state index is 12.9. The summed E-state index contributed by atoms with van der Waals surface area (Å²) in [5.74, 6) is 0.489. The molecule has 1 aromatic heterocycles. The van der Waals surface area contributed by atoms with E-state index in [4.69, 9.17) is 4.42 Å². The third-order valence-electron chi connectivity index (χ3n) is 4.19. The van der Waals surface area contributed by atoms with E-state index in [-0.39, 0.29) is 5.91 Å². The predicted octanol–water partition coefficient (Wildman–Crippen LogP) is 5.80. The van der Waals surface area contributed by atoms with E-state index in [0.717, 1.165) is 17.7 Å². The second-order valence-electron chi connectivity index (χ2n) is 6.19. The van der Waals surface area contributed by atoms with Crippen LogP contribution in [0.4, 0.5) is 5.69 Å². The van der Waals surface area contributed by atoms with E-state index < -0.39 is 0 Å². The van der Waals surface area contributed by atoms with Gasteiger partial charge >= 0.3 is 0 Å². The van der Waals surface area contributed by atoms with Crippen LogP contribution in [0.15, 0.2) is 77.4 Å². The van der Waals surface area contributed by atoms with E-state index in [1.807, 2.05) is 48.5 Å². The van der Waals surface area contributed by atoms with Crippen LogP contribution in [0.2, 0.25) is 0 Å². The van der Waals surface area contributed by atoms with Crippen LogP contribution in [0, 0.1) is 0 Å². The summed E-state index contributed by atoms with van der Waals surface area (Å²) in [5.41, 5.74) is 3.49. The van der Waals surface area contributed by atoms with Crippen molar-refractivity contribution in [3.05, 3.63) is 89.9 Å². The summed E-state index contributed by atoms with van der Waals surface area (Å²) in [7, 11) is 0. The Kier molecular flexibility index (Phi) is 6.05. The van der Waals surface area contributed by atoms with Gasteiger partial charge in [0, 0.05) is 5.69 Å². The van der Waals surface area contributed by atoms with Gasteiger partial charge in [-0.2, -0.15) is 0 Å². The Morgan fingerprint density at radius 2 is 1.77 bits per heavy atom. The first-order chi connectivity index (χ1) is 12.8. The highest BCUT2D eigenvalue weighted by atomic mass is 16.3. The monoisotopic (exact) mass is 345 g/mol. The Morgan fingerprint density at radius 1 is 1.00 bits per heavy atom. The Labute approximate surface area is 154 Å². The topological polar surface area (TPSA) is 42.2 Å². The maximum absolute atomic E-state index is 12.9. The number of benzene rings is 2. The van der Waals surface area contributed by atoms with Gasteiger partial charge in [-0.15, -0.1) is 0 Å². The Balaban J connectivity index is 1.80. The highest BCUT2D eigenvalue weighted by Crippen LogP contribution is 2.21. The molecule has 0 unspecified atom stereocenters. The number of furan rings is 1. The fourth-order valence-corrected chi connectivity index (χ4v) is 2.75. The SMILES string of the molecule is CCCCc1ccc(NC(=O)/C(=C/c2ccco2)c2ccccc2)cc1. The second-order valence-corrected chi connectivity index (χ2v) is 6.19. The molecule has 0 fully saturated rings. The minimum atomic E-state index is -0.158. The van der Waals surface area contributed by atoms with E-state index in [1.54, 1.807) is 18.4 Å². The standard InChI is InChI=1S/C23H23NO2/c1-2-3-8-18-12-14-20(15-13-18)24-23(25)22(17-21-11-7-16-26-21)19-9-5-4-6-10-19/h4-7,9-17H,2-3,8H2,1H3,(H,24,25)/b22-17+. The lowest BCUT2D eigenvalue weighted by atomic mass is 10.0. The molecule has 0 atom stereocenters. The van der Waals surface area contributed by atoms with Gasteiger partial charge in [0.15, 0.2) is 0 Å². The van der Waals surface area contributed by atoms with E-state index in [2.05, 4.69) is 24.4 Å². The van der Waals surface area contributed by atoms with Crippen LogP contribution in [0.25, 0.3) is 11.6 Å².